The third-order valence-electron chi connectivity index (χ3n) is 2.85. The van der Waals surface area contributed by atoms with Gasteiger partial charge in [-0.1, -0.05) is 0 Å². The predicted octanol–water partition coefficient (Wildman–Crippen LogP) is 1.32. The second-order valence-electron chi connectivity index (χ2n) is 4.12. The van der Waals surface area contributed by atoms with Gasteiger partial charge in [0.25, 0.3) is 0 Å². The van der Waals surface area contributed by atoms with Crippen molar-refractivity contribution in [2.75, 3.05) is 6.61 Å². The van der Waals surface area contributed by atoms with Gasteiger partial charge in [-0.3, -0.25) is 4.99 Å². The highest BCUT2D eigenvalue weighted by Gasteiger charge is 2.28. The van der Waals surface area contributed by atoms with E-state index in [9.17, 15) is 0 Å². The molecule has 0 aromatic heterocycles. The highest BCUT2D eigenvalue weighted by atomic mass is 16.5. The monoisotopic (exact) mass is 182 g/mol. The lowest BCUT2D eigenvalue weighted by Gasteiger charge is -2.14. The Balaban J connectivity index is 1.87. The highest BCUT2D eigenvalue weighted by Crippen LogP contribution is 2.29. The first-order chi connectivity index (χ1) is 6.27. The zero-order chi connectivity index (χ0) is 9.26. The van der Waals surface area contributed by atoms with Crippen LogP contribution in [0.25, 0.3) is 0 Å². The van der Waals surface area contributed by atoms with Crippen molar-refractivity contribution >= 4 is 5.84 Å². The van der Waals surface area contributed by atoms with Crippen molar-refractivity contribution in [1.29, 1.82) is 0 Å². The van der Waals surface area contributed by atoms with Gasteiger partial charge in [0.2, 0.25) is 0 Å². The molecule has 3 nitrogen and oxygen atoms in total. The molecule has 1 aliphatic carbocycles. The molecule has 0 aromatic carbocycles. The summed E-state index contributed by atoms with van der Waals surface area (Å²) in [6.07, 6.45) is 5.09. The van der Waals surface area contributed by atoms with Crippen LogP contribution in [0, 0.1) is 5.92 Å². The second kappa shape index (κ2) is 3.66. The molecule has 3 heteroatoms. The third kappa shape index (κ3) is 2.21. The van der Waals surface area contributed by atoms with Crippen LogP contribution in [0.15, 0.2) is 4.99 Å². The lowest BCUT2D eigenvalue weighted by Crippen LogP contribution is -2.25. The van der Waals surface area contributed by atoms with Gasteiger partial charge in [0.15, 0.2) is 0 Å². The predicted molar refractivity (Wildman–Crippen MR) is 52.8 cm³/mol. The van der Waals surface area contributed by atoms with E-state index in [1.54, 1.807) is 0 Å². The molecule has 2 aliphatic rings. The Morgan fingerprint density at radius 1 is 1.46 bits per heavy atom. The molecule has 0 aromatic rings. The zero-order valence-corrected chi connectivity index (χ0v) is 8.20. The van der Waals surface area contributed by atoms with E-state index in [2.05, 4.69) is 11.9 Å². The topological polar surface area (TPSA) is 47.6 Å². The van der Waals surface area contributed by atoms with Crippen LogP contribution < -0.4 is 5.73 Å². The maximum Gasteiger partial charge on any atom is 0.0972 e. The van der Waals surface area contributed by atoms with E-state index >= 15 is 0 Å². The molecule has 1 heterocycles. The summed E-state index contributed by atoms with van der Waals surface area (Å²) in [4.78, 5) is 4.49. The number of ether oxygens (including phenoxy) is 1. The number of nitrogens with zero attached hydrogens (tertiary/aromatic N) is 1. The minimum Gasteiger partial charge on any atom is -0.387 e. The van der Waals surface area contributed by atoms with Crippen LogP contribution in [0.1, 0.15) is 32.6 Å². The van der Waals surface area contributed by atoms with E-state index in [0.29, 0.717) is 12.0 Å². The Morgan fingerprint density at radius 2 is 2.23 bits per heavy atom. The minimum absolute atomic E-state index is 0.253. The number of amidine groups is 1. The molecule has 1 aliphatic heterocycles. The van der Waals surface area contributed by atoms with Gasteiger partial charge in [0.05, 0.1) is 18.0 Å². The first-order valence-corrected chi connectivity index (χ1v) is 5.22. The van der Waals surface area contributed by atoms with Crippen LogP contribution in [0.2, 0.25) is 0 Å². The van der Waals surface area contributed by atoms with Gasteiger partial charge in [-0.15, -0.1) is 0 Å². The second-order valence-corrected chi connectivity index (χ2v) is 4.12. The lowest BCUT2D eigenvalue weighted by atomic mass is 10.1. The highest BCUT2D eigenvalue weighted by molar-refractivity contribution is 5.85. The van der Waals surface area contributed by atoms with E-state index in [-0.39, 0.29) is 6.04 Å². The van der Waals surface area contributed by atoms with E-state index in [1.807, 2.05) is 0 Å². The number of hydrogen-bond acceptors (Lipinski definition) is 2. The molecule has 0 radical (unpaired) electrons. The molecule has 2 atom stereocenters. The van der Waals surface area contributed by atoms with Gasteiger partial charge in [0, 0.05) is 12.5 Å². The summed E-state index contributed by atoms with van der Waals surface area (Å²) in [5.74, 6) is 1.44. The summed E-state index contributed by atoms with van der Waals surface area (Å²) in [6.45, 7) is 3.00. The molecular formula is C10H18N2O. The van der Waals surface area contributed by atoms with Gasteiger partial charge in [-0.25, -0.2) is 0 Å². The summed E-state index contributed by atoms with van der Waals surface area (Å²) >= 11 is 0. The average molecular weight is 182 g/mol. The molecule has 0 spiro atoms. The Labute approximate surface area is 79.4 Å². The maximum absolute atomic E-state index is 5.84. The van der Waals surface area contributed by atoms with Gasteiger partial charge >= 0.3 is 0 Å². The van der Waals surface area contributed by atoms with Crippen molar-refractivity contribution in [2.45, 2.75) is 44.8 Å². The third-order valence-corrected chi connectivity index (χ3v) is 2.85. The number of nitrogens with two attached hydrogens (primary N) is 1. The molecule has 2 N–H and O–H groups in total. The number of aliphatic imine (C=N–C) groups is 1. The van der Waals surface area contributed by atoms with Crippen LogP contribution in [0.4, 0.5) is 0 Å². The normalized spacial score (nSPS) is 32.1. The van der Waals surface area contributed by atoms with Crippen LogP contribution in [-0.4, -0.2) is 24.6 Å². The Bertz CT molecular complexity index is 205. The van der Waals surface area contributed by atoms with Crippen molar-refractivity contribution in [3.8, 4) is 0 Å². The summed E-state index contributed by atoms with van der Waals surface area (Å²) in [6, 6.07) is 0.253. The largest absolute Gasteiger partial charge is 0.387 e. The molecule has 1 saturated heterocycles. The maximum atomic E-state index is 5.84. The van der Waals surface area contributed by atoms with Crippen molar-refractivity contribution in [3.63, 3.8) is 0 Å². The summed E-state index contributed by atoms with van der Waals surface area (Å²) < 4.78 is 5.55. The van der Waals surface area contributed by atoms with Crippen molar-refractivity contribution in [2.24, 2.45) is 16.6 Å². The van der Waals surface area contributed by atoms with Crippen LogP contribution >= 0.6 is 0 Å². The molecule has 2 fully saturated rings. The summed E-state index contributed by atoms with van der Waals surface area (Å²) in [7, 11) is 0. The Kier molecular flexibility index (Phi) is 2.54. The number of rotatable bonds is 3. The first kappa shape index (κ1) is 9.00. The smallest absolute Gasteiger partial charge is 0.0972 e. The fourth-order valence-corrected chi connectivity index (χ4v) is 1.79. The zero-order valence-electron chi connectivity index (χ0n) is 8.20. The molecule has 0 bridgehead atoms. The lowest BCUT2D eigenvalue weighted by molar-refractivity contribution is 0.0952. The van der Waals surface area contributed by atoms with Crippen molar-refractivity contribution < 1.29 is 4.74 Å². The van der Waals surface area contributed by atoms with E-state index < -0.39 is 0 Å². The van der Waals surface area contributed by atoms with Gasteiger partial charge in [0.1, 0.15) is 0 Å². The molecular weight excluding hydrogens is 164 g/mol. The molecule has 74 valence electrons. The van der Waals surface area contributed by atoms with E-state index in [1.165, 1.54) is 19.3 Å². The quantitative estimate of drug-likeness (QED) is 0.528. The van der Waals surface area contributed by atoms with Gasteiger partial charge in [-0.05, 0) is 32.6 Å². The molecule has 0 amide bonds. The molecule has 2 rings (SSSR count). The van der Waals surface area contributed by atoms with Gasteiger partial charge < -0.3 is 10.5 Å². The molecule has 1 saturated carbocycles. The first-order valence-electron chi connectivity index (χ1n) is 5.22. The fourth-order valence-electron chi connectivity index (χ4n) is 1.79. The molecule has 13 heavy (non-hydrogen) atoms. The minimum atomic E-state index is 0.253. The van der Waals surface area contributed by atoms with Crippen LogP contribution in [-0.2, 0) is 4.74 Å². The number of hydrogen-bond donors (Lipinski definition) is 1. The van der Waals surface area contributed by atoms with Crippen LogP contribution in [0.3, 0.4) is 0 Å². The van der Waals surface area contributed by atoms with Crippen molar-refractivity contribution in [3.05, 3.63) is 0 Å². The molecule has 2 unspecified atom stereocenters. The standard InChI is InChI=1S/C10H18N2O/c1-7(9-3-2-6-13-9)12-10(11)8-4-5-8/h7-9H,2-6H2,1H3,(H2,11,12). The Hall–Kier alpha value is -0.570. The Morgan fingerprint density at radius 3 is 2.77 bits per heavy atom. The SMILES string of the molecule is CC(N=C(N)C1CC1)C1CCCO1. The van der Waals surface area contributed by atoms with Crippen LogP contribution in [0.5, 0.6) is 0 Å². The van der Waals surface area contributed by atoms with Gasteiger partial charge in [-0.2, -0.15) is 0 Å². The summed E-state index contributed by atoms with van der Waals surface area (Å²) in [5, 5.41) is 0. The van der Waals surface area contributed by atoms with Crippen molar-refractivity contribution in [1.82, 2.24) is 0 Å². The van der Waals surface area contributed by atoms with E-state index in [0.717, 1.165) is 18.9 Å². The van der Waals surface area contributed by atoms with E-state index in [4.69, 9.17) is 10.5 Å². The fraction of sp³-hybridized carbons (Fsp3) is 0.900. The summed E-state index contributed by atoms with van der Waals surface area (Å²) in [5.41, 5.74) is 5.84. The average Bonchev–Trinajstić information content (AvgIpc) is 2.81.